The van der Waals surface area contributed by atoms with Crippen LogP contribution in [0.4, 0.5) is 5.69 Å². The number of carbonyl (C=O) groups is 2. The van der Waals surface area contributed by atoms with E-state index in [1.807, 2.05) is 18.4 Å². The number of rotatable bonds is 7. The van der Waals surface area contributed by atoms with Crippen molar-refractivity contribution >= 4 is 29.3 Å². The Balaban J connectivity index is 1.73. The van der Waals surface area contributed by atoms with Gasteiger partial charge in [-0.25, -0.2) is 0 Å². The number of thioether (sulfide) groups is 1. The van der Waals surface area contributed by atoms with E-state index in [4.69, 9.17) is 9.47 Å². The second kappa shape index (κ2) is 9.61. The minimum Gasteiger partial charge on any atom is -0.496 e. The molecule has 0 aliphatic carbocycles. The maximum atomic E-state index is 12.8. The molecule has 0 radical (unpaired) electrons. The lowest BCUT2D eigenvalue weighted by Crippen LogP contribution is -2.32. The molecular formula is C21H24N2O4S. The number of anilines is 1. The van der Waals surface area contributed by atoms with Crippen molar-refractivity contribution in [2.75, 3.05) is 31.8 Å². The first-order valence-electron chi connectivity index (χ1n) is 9.14. The molecule has 3 rings (SSSR count). The number of hydrogen-bond donors (Lipinski definition) is 2. The lowest BCUT2D eigenvalue weighted by molar-refractivity contribution is 0.0858. The van der Waals surface area contributed by atoms with Gasteiger partial charge in [0.05, 0.1) is 30.0 Å². The molecule has 1 heterocycles. The van der Waals surface area contributed by atoms with Gasteiger partial charge in [0, 0.05) is 18.0 Å². The zero-order valence-electron chi connectivity index (χ0n) is 16.0. The summed E-state index contributed by atoms with van der Waals surface area (Å²) in [6.07, 6.45) is 3.99. The second-order valence-corrected chi connectivity index (χ2v) is 7.29. The second-order valence-electron chi connectivity index (χ2n) is 6.41. The van der Waals surface area contributed by atoms with Gasteiger partial charge in [0.1, 0.15) is 5.75 Å². The molecule has 2 aromatic rings. The molecule has 148 valence electrons. The van der Waals surface area contributed by atoms with Crippen molar-refractivity contribution in [2.45, 2.75) is 23.8 Å². The number of amides is 2. The van der Waals surface area contributed by atoms with E-state index in [1.54, 1.807) is 42.1 Å². The van der Waals surface area contributed by atoms with Crippen LogP contribution in [0.25, 0.3) is 0 Å². The van der Waals surface area contributed by atoms with Gasteiger partial charge >= 0.3 is 0 Å². The van der Waals surface area contributed by atoms with E-state index in [0.29, 0.717) is 29.1 Å². The summed E-state index contributed by atoms with van der Waals surface area (Å²) in [6.45, 7) is 1.20. The molecule has 0 spiro atoms. The number of para-hydroxylation sites is 1. The van der Waals surface area contributed by atoms with E-state index in [1.165, 1.54) is 7.11 Å². The van der Waals surface area contributed by atoms with Crippen LogP contribution in [0, 0.1) is 0 Å². The summed E-state index contributed by atoms with van der Waals surface area (Å²) in [5.74, 6) is -0.0790. The SMILES string of the molecule is COc1cc(SC)ccc1C(=O)Nc1ccccc1C(=O)NC[C@H]1CCCO1. The molecule has 2 amide bonds. The van der Waals surface area contributed by atoms with E-state index in [9.17, 15) is 9.59 Å². The van der Waals surface area contributed by atoms with Gasteiger partial charge in [0.2, 0.25) is 0 Å². The van der Waals surface area contributed by atoms with Crippen molar-refractivity contribution in [2.24, 2.45) is 0 Å². The molecule has 0 unspecified atom stereocenters. The van der Waals surface area contributed by atoms with E-state index in [-0.39, 0.29) is 17.9 Å². The largest absolute Gasteiger partial charge is 0.496 e. The summed E-state index contributed by atoms with van der Waals surface area (Å²) in [4.78, 5) is 26.4. The van der Waals surface area contributed by atoms with Crippen molar-refractivity contribution < 1.29 is 19.1 Å². The van der Waals surface area contributed by atoms with Gasteiger partial charge in [-0.1, -0.05) is 12.1 Å². The number of benzene rings is 2. The fourth-order valence-corrected chi connectivity index (χ4v) is 3.50. The maximum absolute atomic E-state index is 12.8. The van der Waals surface area contributed by atoms with Crippen LogP contribution in [-0.4, -0.2) is 44.4 Å². The number of carbonyl (C=O) groups excluding carboxylic acids is 2. The van der Waals surface area contributed by atoms with Gasteiger partial charge in [-0.3, -0.25) is 9.59 Å². The average Bonchev–Trinajstić information content (AvgIpc) is 3.25. The van der Waals surface area contributed by atoms with Crippen LogP contribution in [0.5, 0.6) is 5.75 Å². The van der Waals surface area contributed by atoms with Gasteiger partial charge in [0.15, 0.2) is 0 Å². The third-order valence-corrected chi connectivity index (χ3v) is 5.31. The third kappa shape index (κ3) is 4.85. The summed E-state index contributed by atoms with van der Waals surface area (Å²) in [5.41, 5.74) is 1.27. The van der Waals surface area contributed by atoms with Crippen LogP contribution in [-0.2, 0) is 4.74 Å². The third-order valence-electron chi connectivity index (χ3n) is 4.59. The molecule has 2 aromatic carbocycles. The topological polar surface area (TPSA) is 76.7 Å². The fraction of sp³-hybridized carbons (Fsp3) is 0.333. The highest BCUT2D eigenvalue weighted by Gasteiger charge is 2.19. The van der Waals surface area contributed by atoms with Crippen LogP contribution >= 0.6 is 11.8 Å². The number of hydrogen-bond acceptors (Lipinski definition) is 5. The van der Waals surface area contributed by atoms with Gasteiger partial charge < -0.3 is 20.1 Å². The zero-order valence-corrected chi connectivity index (χ0v) is 16.8. The zero-order chi connectivity index (χ0) is 19.9. The average molecular weight is 401 g/mol. The predicted octanol–water partition coefficient (Wildman–Crippen LogP) is 3.58. The molecule has 1 aliphatic heterocycles. The Bertz CT molecular complexity index is 850. The molecular weight excluding hydrogens is 376 g/mol. The Morgan fingerprint density at radius 2 is 2.00 bits per heavy atom. The van der Waals surface area contributed by atoms with Crippen molar-refractivity contribution in [1.82, 2.24) is 5.32 Å². The summed E-state index contributed by atoms with van der Waals surface area (Å²) in [6, 6.07) is 12.4. The molecule has 2 N–H and O–H groups in total. The monoisotopic (exact) mass is 400 g/mol. The number of methoxy groups -OCH3 is 1. The Hall–Kier alpha value is -2.51. The summed E-state index contributed by atoms with van der Waals surface area (Å²) < 4.78 is 10.9. The van der Waals surface area contributed by atoms with Gasteiger partial charge in [-0.15, -0.1) is 11.8 Å². The highest BCUT2D eigenvalue weighted by molar-refractivity contribution is 7.98. The molecule has 1 atom stereocenters. The fourth-order valence-electron chi connectivity index (χ4n) is 3.07. The summed E-state index contributed by atoms with van der Waals surface area (Å²) in [7, 11) is 1.53. The van der Waals surface area contributed by atoms with Gasteiger partial charge in [-0.05, 0) is 49.4 Å². The predicted molar refractivity (Wildman–Crippen MR) is 110 cm³/mol. The molecule has 0 aromatic heterocycles. The normalized spacial score (nSPS) is 15.9. The van der Waals surface area contributed by atoms with Gasteiger partial charge in [0.25, 0.3) is 11.8 Å². The van der Waals surface area contributed by atoms with Crippen molar-refractivity contribution in [3.63, 3.8) is 0 Å². The van der Waals surface area contributed by atoms with Crippen LogP contribution in [0.2, 0.25) is 0 Å². The van der Waals surface area contributed by atoms with Crippen LogP contribution in [0.3, 0.4) is 0 Å². The molecule has 28 heavy (non-hydrogen) atoms. The molecule has 1 aliphatic rings. The quantitative estimate of drug-likeness (QED) is 0.695. The highest BCUT2D eigenvalue weighted by atomic mass is 32.2. The highest BCUT2D eigenvalue weighted by Crippen LogP contribution is 2.26. The first kappa shape index (κ1) is 20.2. The van der Waals surface area contributed by atoms with Crippen LogP contribution in [0.1, 0.15) is 33.6 Å². The molecule has 7 heteroatoms. The number of ether oxygens (including phenoxy) is 2. The lowest BCUT2D eigenvalue weighted by atomic mass is 10.1. The molecule has 6 nitrogen and oxygen atoms in total. The standard InChI is InChI=1S/C21H24N2O4S/c1-26-19-12-15(28-2)9-10-17(19)21(25)23-18-8-4-3-7-16(18)20(24)22-13-14-6-5-11-27-14/h3-4,7-10,12,14H,5-6,11,13H2,1-2H3,(H,22,24)(H,23,25)/t14-/m1/s1. The van der Waals surface area contributed by atoms with Gasteiger partial charge in [-0.2, -0.15) is 0 Å². The Kier molecular flexibility index (Phi) is 6.95. The Morgan fingerprint density at radius 3 is 2.71 bits per heavy atom. The maximum Gasteiger partial charge on any atom is 0.259 e. The molecule has 1 saturated heterocycles. The smallest absolute Gasteiger partial charge is 0.259 e. The van der Waals surface area contributed by atoms with E-state index < -0.39 is 0 Å². The summed E-state index contributed by atoms with van der Waals surface area (Å²) >= 11 is 1.57. The number of nitrogens with one attached hydrogen (secondary N) is 2. The Morgan fingerprint density at radius 1 is 1.18 bits per heavy atom. The van der Waals surface area contributed by atoms with Crippen LogP contribution in [0.15, 0.2) is 47.4 Å². The lowest BCUT2D eigenvalue weighted by Gasteiger charge is -2.15. The minimum atomic E-state index is -0.330. The van der Waals surface area contributed by atoms with Crippen LogP contribution < -0.4 is 15.4 Å². The van der Waals surface area contributed by atoms with Crippen molar-refractivity contribution in [3.8, 4) is 5.75 Å². The van der Waals surface area contributed by atoms with Crippen molar-refractivity contribution in [3.05, 3.63) is 53.6 Å². The first-order valence-corrected chi connectivity index (χ1v) is 10.4. The molecule has 0 bridgehead atoms. The van der Waals surface area contributed by atoms with E-state index >= 15 is 0 Å². The summed E-state index contributed by atoms with van der Waals surface area (Å²) in [5, 5.41) is 5.72. The molecule has 0 saturated carbocycles. The Labute approximate surface area is 169 Å². The van der Waals surface area contributed by atoms with Crippen molar-refractivity contribution in [1.29, 1.82) is 0 Å². The van der Waals surface area contributed by atoms with E-state index in [2.05, 4.69) is 10.6 Å². The first-order chi connectivity index (χ1) is 13.6. The minimum absolute atomic E-state index is 0.0601. The van der Waals surface area contributed by atoms with E-state index in [0.717, 1.165) is 24.3 Å². The molecule has 1 fully saturated rings.